The Labute approximate surface area is 247 Å². The van der Waals surface area contributed by atoms with Gasteiger partial charge in [-0.1, -0.05) is 18.2 Å². The lowest BCUT2D eigenvalue weighted by Gasteiger charge is -2.74. The molecule has 2 aromatic rings. The van der Waals surface area contributed by atoms with Gasteiger partial charge in [0.1, 0.15) is 18.2 Å². The summed E-state index contributed by atoms with van der Waals surface area (Å²) in [5.41, 5.74) is 4.35. The number of ether oxygens (including phenoxy) is 4. The average Bonchev–Trinajstić information content (AvgIpc) is 3.74. The van der Waals surface area contributed by atoms with Gasteiger partial charge in [0, 0.05) is 47.7 Å². The molecule has 224 valence electrons. The van der Waals surface area contributed by atoms with E-state index in [0.29, 0.717) is 19.3 Å². The number of likely N-dealkylation sites (tertiary alicyclic amines) is 1. The normalized spacial score (nSPS) is 35.4. The number of carbonyl (C=O) groups is 1. The van der Waals surface area contributed by atoms with Crippen molar-refractivity contribution in [1.82, 2.24) is 4.90 Å². The number of piperidine rings is 1. The van der Waals surface area contributed by atoms with E-state index in [1.54, 1.807) is 7.11 Å². The molecular formula is C34H42N2O6. The van der Waals surface area contributed by atoms with Crippen LogP contribution in [0.5, 0.6) is 11.5 Å². The summed E-state index contributed by atoms with van der Waals surface area (Å²) in [5, 5.41) is 12.0. The predicted octanol–water partition coefficient (Wildman–Crippen LogP) is 4.63. The lowest BCUT2D eigenvalue weighted by molar-refractivity contribution is -0.283. The van der Waals surface area contributed by atoms with Crippen molar-refractivity contribution in [2.45, 2.75) is 74.7 Å². The Kier molecular flexibility index (Phi) is 6.12. The first-order chi connectivity index (χ1) is 20.4. The monoisotopic (exact) mass is 574 g/mol. The molecule has 2 N–H and O–H groups in total. The molecule has 0 amide bonds. The van der Waals surface area contributed by atoms with Gasteiger partial charge in [0.15, 0.2) is 11.5 Å². The summed E-state index contributed by atoms with van der Waals surface area (Å²) in [7, 11) is 3.64. The quantitative estimate of drug-likeness (QED) is 0.402. The minimum Gasteiger partial charge on any atom is -0.493 e. The second-order valence-corrected chi connectivity index (χ2v) is 13.7. The van der Waals surface area contributed by atoms with E-state index >= 15 is 0 Å². The highest BCUT2D eigenvalue weighted by Gasteiger charge is 2.80. The molecule has 2 spiro atoms. The number of hydrogen-bond acceptors (Lipinski definition) is 7. The smallest absolute Gasteiger partial charge is 0.322 e. The van der Waals surface area contributed by atoms with E-state index in [-0.39, 0.29) is 29.4 Å². The molecule has 8 heteroatoms. The predicted molar refractivity (Wildman–Crippen MR) is 157 cm³/mol. The number of benzene rings is 2. The standard InChI is InChI=1S/C34H42N2O6/c1-39-26-9-8-23-15-27-32-10-11-34(40-2,24(16-32)20-41-19-22-4-3-5-25(14-22)35-17-28(37)38)31-33(32,29(23)30(26)42-31)12-13-36(27)18-21-6-7-21/h3-5,8-9,14,21,24,27,31,35H,6-7,10-13,15-20H2,1-2H3,(H,37,38)/t24-,27-,31-,32?,33?,34?/m1/s1. The van der Waals surface area contributed by atoms with Crippen LogP contribution in [0.2, 0.25) is 0 Å². The number of aliphatic carboxylic acids is 1. The minimum absolute atomic E-state index is 0.0504. The van der Waals surface area contributed by atoms with Gasteiger partial charge in [0.2, 0.25) is 0 Å². The Balaban J connectivity index is 1.12. The van der Waals surface area contributed by atoms with Crippen LogP contribution in [-0.2, 0) is 32.7 Å². The highest BCUT2D eigenvalue weighted by molar-refractivity contribution is 5.72. The van der Waals surface area contributed by atoms with Gasteiger partial charge in [0.25, 0.3) is 0 Å². The second kappa shape index (κ2) is 9.60. The lowest BCUT2D eigenvalue weighted by atomic mass is 9.35. The molecule has 5 fully saturated rings. The van der Waals surface area contributed by atoms with Crippen LogP contribution in [0.15, 0.2) is 36.4 Å². The summed E-state index contributed by atoms with van der Waals surface area (Å²) in [6, 6.07) is 12.8. The minimum atomic E-state index is -0.879. The van der Waals surface area contributed by atoms with E-state index in [9.17, 15) is 4.79 Å². The first-order valence-electron chi connectivity index (χ1n) is 15.7. The molecule has 2 heterocycles. The van der Waals surface area contributed by atoms with Crippen molar-refractivity contribution in [3.05, 3.63) is 53.1 Å². The van der Waals surface area contributed by atoms with Crippen molar-refractivity contribution in [2.75, 3.05) is 45.8 Å². The van der Waals surface area contributed by atoms with Crippen LogP contribution in [-0.4, -0.2) is 74.2 Å². The molecule has 2 aromatic carbocycles. The van der Waals surface area contributed by atoms with Crippen LogP contribution in [0.4, 0.5) is 5.69 Å². The fraction of sp³-hybridized carbons (Fsp3) is 0.618. The second-order valence-electron chi connectivity index (χ2n) is 13.7. The first kappa shape index (κ1) is 26.8. The SMILES string of the molecule is COc1ccc2c3c1O[C@H]1C4(OC)CCC5(C[C@@H]4COCc4cccc(NCC(=O)O)c4)[C@@H](C2)N(CC2CC2)CCC315. The number of carboxylic acid groups (broad SMARTS) is 1. The van der Waals surface area contributed by atoms with Crippen molar-refractivity contribution < 1.29 is 28.8 Å². The molecule has 4 saturated carbocycles. The van der Waals surface area contributed by atoms with Gasteiger partial charge in [-0.2, -0.15) is 0 Å². The third kappa shape index (κ3) is 3.61. The summed E-state index contributed by atoms with van der Waals surface area (Å²) in [5.74, 6) is 2.02. The van der Waals surface area contributed by atoms with Crippen LogP contribution in [0.1, 0.15) is 55.2 Å². The zero-order chi connectivity index (χ0) is 28.7. The van der Waals surface area contributed by atoms with Crippen LogP contribution >= 0.6 is 0 Å². The van der Waals surface area contributed by atoms with Gasteiger partial charge >= 0.3 is 5.97 Å². The van der Waals surface area contributed by atoms with Crippen molar-refractivity contribution >= 4 is 11.7 Å². The van der Waals surface area contributed by atoms with Crippen LogP contribution in [0.3, 0.4) is 0 Å². The molecule has 4 bridgehead atoms. The Morgan fingerprint density at radius 2 is 2.05 bits per heavy atom. The molecule has 8 nitrogen and oxygen atoms in total. The number of rotatable bonds is 11. The number of methoxy groups -OCH3 is 2. The number of fused-ring (bicyclic) bond motifs is 2. The topological polar surface area (TPSA) is 89.5 Å². The molecule has 0 radical (unpaired) electrons. The lowest BCUT2D eigenvalue weighted by Crippen LogP contribution is -2.81. The molecule has 7 aliphatic rings. The molecule has 2 aliphatic heterocycles. The third-order valence-electron chi connectivity index (χ3n) is 12.0. The summed E-state index contributed by atoms with van der Waals surface area (Å²) in [6.45, 7) is 3.33. The molecule has 42 heavy (non-hydrogen) atoms. The molecule has 5 aliphatic carbocycles. The number of anilines is 1. The molecule has 3 unspecified atom stereocenters. The van der Waals surface area contributed by atoms with Gasteiger partial charge < -0.3 is 29.4 Å². The third-order valence-corrected chi connectivity index (χ3v) is 12.0. The Hall–Kier alpha value is -2.81. The van der Waals surface area contributed by atoms with E-state index in [0.717, 1.165) is 67.3 Å². The molecular weight excluding hydrogens is 532 g/mol. The fourth-order valence-corrected chi connectivity index (χ4v) is 10.2. The van der Waals surface area contributed by atoms with E-state index < -0.39 is 11.6 Å². The summed E-state index contributed by atoms with van der Waals surface area (Å²) in [6.07, 6.45) is 8.13. The first-order valence-corrected chi connectivity index (χ1v) is 15.7. The summed E-state index contributed by atoms with van der Waals surface area (Å²) in [4.78, 5) is 13.9. The Morgan fingerprint density at radius 3 is 2.83 bits per heavy atom. The largest absolute Gasteiger partial charge is 0.493 e. The van der Waals surface area contributed by atoms with Gasteiger partial charge in [0.05, 0.1) is 20.3 Å². The highest BCUT2D eigenvalue weighted by atomic mass is 16.6. The van der Waals surface area contributed by atoms with Gasteiger partial charge in [-0.25, -0.2) is 0 Å². The maximum atomic E-state index is 11.0. The van der Waals surface area contributed by atoms with Crippen molar-refractivity contribution in [2.24, 2.45) is 17.3 Å². The fourth-order valence-electron chi connectivity index (χ4n) is 10.2. The molecule has 0 aromatic heterocycles. The van der Waals surface area contributed by atoms with Gasteiger partial charge in [-0.15, -0.1) is 0 Å². The van der Waals surface area contributed by atoms with E-state index in [1.807, 2.05) is 31.4 Å². The van der Waals surface area contributed by atoms with Gasteiger partial charge in [-0.05, 0) is 86.7 Å². The zero-order valence-electron chi connectivity index (χ0n) is 24.7. The van der Waals surface area contributed by atoms with Crippen molar-refractivity contribution in [3.8, 4) is 11.5 Å². The van der Waals surface area contributed by atoms with Gasteiger partial charge in [-0.3, -0.25) is 9.69 Å². The van der Waals surface area contributed by atoms with E-state index in [4.69, 9.17) is 24.1 Å². The summed E-state index contributed by atoms with van der Waals surface area (Å²) >= 11 is 0. The molecule has 6 atom stereocenters. The number of carboxylic acids is 1. The maximum absolute atomic E-state index is 11.0. The van der Waals surface area contributed by atoms with Crippen LogP contribution in [0.25, 0.3) is 0 Å². The number of nitrogens with one attached hydrogen (secondary N) is 1. The van der Waals surface area contributed by atoms with Crippen LogP contribution < -0.4 is 14.8 Å². The zero-order valence-corrected chi connectivity index (χ0v) is 24.7. The van der Waals surface area contributed by atoms with E-state index in [2.05, 4.69) is 22.3 Å². The van der Waals surface area contributed by atoms with Crippen molar-refractivity contribution in [3.63, 3.8) is 0 Å². The molecule has 1 saturated heterocycles. The highest BCUT2D eigenvalue weighted by Crippen LogP contribution is 2.76. The average molecular weight is 575 g/mol. The maximum Gasteiger partial charge on any atom is 0.322 e. The molecule has 9 rings (SSSR count). The summed E-state index contributed by atoms with van der Waals surface area (Å²) < 4.78 is 26.2. The van der Waals surface area contributed by atoms with Crippen molar-refractivity contribution in [1.29, 1.82) is 0 Å². The number of hydrogen-bond donors (Lipinski definition) is 2. The van der Waals surface area contributed by atoms with E-state index in [1.165, 1.54) is 30.5 Å². The Morgan fingerprint density at radius 1 is 1.17 bits per heavy atom. The Bertz CT molecular complexity index is 1410. The number of nitrogens with zero attached hydrogens (tertiary/aromatic N) is 1. The van der Waals surface area contributed by atoms with Crippen LogP contribution in [0, 0.1) is 17.3 Å².